The van der Waals surface area contributed by atoms with Crippen molar-refractivity contribution in [2.24, 2.45) is 7.05 Å². The van der Waals surface area contributed by atoms with E-state index < -0.39 is 7.05 Å². The van der Waals surface area contributed by atoms with E-state index in [1.54, 1.807) is 31.0 Å². The van der Waals surface area contributed by atoms with Crippen LogP contribution in [0, 0.1) is 0 Å². The number of hydrogen-bond acceptors (Lipinski definition) is 6. The number of anilines is 1. The molecule has 0 saturated carbocycles. The Labute approximate surface area is 205 Å². The van der Waals surface area contributed by atoms with Crippen LogP contribution < -0.4 is 4.90 Å². The van der Waals surface area contributed by atoms with Crippen LogP contribution in [0.15, 0.2) is 48.7 Å². The predicted molar refractivity (Wildman–Crippen MR) is 140 cm³/mol. The summed E-state index contributed by atoms with van der Waals surface area (Å²) < 4.78 is 14.7. The number of para-hydroxylation sites is 1. The van der Waals surface area contributed by atoms with Crippen LogP contribution in [0.5, 0.6) is 0 Å². The Morgan fingerprint density at radius 1 is 1.29 bits per heavy atom. The van der Waals surface area contributed by atoms with Crippen molar-refractivity contribution in [3.63, 3.8) is 0 Å². The third-order valence-corrected chi connectivity index (χ3v) is 6.12. The van der Waals surface area contributed by atoms with Gasteiger partial charge in [0, 0.05) is 12.6 Å². The van der Waals surface area contributed by atoms with Gasteiger partial charge in [-0.15, -0.1) is 0 Å². The average Bonchev–Trinajstić information content (AvgIpc) is 3.38. The molecule has 0 spiro atoms. The molecule has 1 N–H and O–H groups in total. The molecule has 3 heterocycles. The molecule has 0 atom stereocenters. The van der Waals surface area contributed by atoms with Gasteiger partial charge in [-0.25, -0.2) is 0 Å². The standard InChI is InChI=1S/C24H28B2N6O3/c1-5-31(16-25-34)24-20-12-17(14-27-23(20)32(28-24)26(2)35)10-11-22(33)29(3)15-19-13-18-8-6-7-9-21(18)30(19)4/h6-14,35H,5,15-16H2,1-4H3. The predicted octanol–water partition coefficient (Wildman–Crippen LogP) is 2.39. The Balaban J connectivity index is 1.57. The quantitative estimate of drug-likeness (QED) is 0.298. The molecule has 3 aromatic heterocycles. The second-order valence-electron chi connectivity index (χ2n) is 8.53. The first-order valence-corrected chi connectivity index (χ1v) is 11.6. The molecule has 178 valence electrons. The molecule has 0 fully saturated rings. The summed E-state index contributed by atoms with van der Waals surface area (Å²) >= 11 is 0. The zero-order valence-electron chi connectivity index (χ0n) is 20.4. The van der Waals surface area contributed by atoms with Crippen LogP contribution in [0.25, 0.3) is 28.0 Å². The molecule has 1 amide bonds. The van der Waals surface area contributed by atoms with Crippen LogP contribution >= 0.6 is 0 Å². The molecular formula is C24H28B2N6O3. The number of rotatable bonds is 9. The topological polar surface area (TPSA) is 96.5 Å². The van der Waals surface area contributed by atoms with E-state index in [-0.39, 0.29) is 12.4 Å². The Morgan fingerprint density at radius 2 is 2.06 bits per heavy atom. The van der Waals surface area contributed by atoms with Crippen LogP contribution in [0.2, 0.25) is 6.82 Å². The number of benzene rings is 1. The number of fused-ring (bicyclic) bond motifs is 2. The number of pyridine rings is 1. The van der Waals surface area contributed by atoms with Crippen molar-refractivity contribution >= 4 is 53.9 Å². The van der Waals surface area contributed by atoms with Crippen molar-refractivity contribution in [1.29, 1.82) is 0 Å². The number of nitrogens with zero attached hydrogens (tertiary/aromatic N) is 6. The molecular weight excluding hydrogens is 442 g/mol. The number of likely N-dealkylation sites (N-methyl/N-ethyl adjacent to an activating group) is 1. The summed E-state index contributed by atoms with van der Waals surface area (Å²) in [5, 5.41) is 16.5. The second kappa shape index (κ2) is 10.3. The minimum atomic E-state index is -0.875. The number of carbonyl (C=O) groups is 1. The molecule has 0 aliphatic carbocycles. The van der Waals surface area contributed by atoms with Gasteiger partial charge in [0.15, 0.2) is 0 Å². The molecule has 0 aliphatic heterocycles. The molecule has 35 heavy (non-hydrogen) atoms. The van der Waals surface area contributed by atoms with Crippen molar-refractivity contribution in [2.45, 2.75) is 20.3 Å². The molecule has 4 rings (SSSR count). The fraction of sp³-hybridized carbons (Fsp3) is 0.292. The number of aryl methyl sites for hydroxylation is 1. The van der Waals surface area contributed by atoms with E-state index in [0.29, 0.717) is 29.9 Å². The third kappa shape index (κ3) is 4.90. The Kier molecular flexibility index (Phi) is 7.16. The number of carbonyl (C=O) groups excluding carboxylic acids is 1. The van der Waals surface area contributed by atoms with Crippen LogP contribution in [-0.2, 0) is 23.1 Å². The van der Waals surface area contributed by atoms with Gasteiger partial charge in [-0.2, -0.15) is 0 Å². The van der Waals surface area contributed by atoms with Crippen LogP contribution in [0.1, 0.15) is 18.2 Å². The average molecular weight is 470 g/mol. The van der Waals surface area contributed by atoms with E-state index in [0.717, 1.165) is 29.3 Å². The number of amides is 1. The molecule has 11 heteroatoms. The van der Waals surface area contributed by atoms with Gasteiger partial charge in [-0.3, -0.25) is 0 Å². The fourth-order valence-corrected chi connectivity index (χ4v) is 4.18. The fourth-order valence-electron chi connectivity index (χ4n) is 4.18. The van der Waals surface area contributed by atoms with Crippen molar-refractivity contribution in [3.8, 4) is 0 Å². The SMILES string of the molecule is CCN(CB=O)c1nn(B(C)O)c2ncc(C=CC(=O)N(C)Cc3cc4ccccc4n3C)cc12. The van der Waals surface area contributed by atoms with Crippen molar-refractivity contribution in [3.05, 3.63) is 59.9 Å². The molecule has 1 aromatic carbocycles. The minimum absolute atomic E-state index is 0.133. The Bertz CT molecular complexity index is 1410. The molecule has 9 nitrogen and oxygen atoms in total. The summed E-state index contributed by atoms with van der Waals surface area (Å²) in [6.45, 7) is 4.58. The summed E-state index contributed by atoms with van der Waals surface area (Å²) in [7, 11) is 3.72. The first-order valence-electron chi connectivity index (χ1n) is 11.6. The summed E-state index contributed by atoms with van der Waals surface area (Å²) in [4.78, 5) is 20.8. The molecule has 0 aliphatic rings. The van der Waals surface area contributed by atoms with Gasteiger partial charge in [0.25, 0.3) is 0 Å². The Morgan fingerprint density at radius 3 is 2.74 bits per heavy atom. The van der Waals surface area contributed by atoms with Crippen molar-refractivity contribution in [1.82, 2.24) is 24.1 Å². The summed E-state index contributed by atoms with van der Waals surface area (Å²) in [6, 6.07) is 12.1. The number of aromatic nitrogens is 4. The van der Waals surface area contributed by atoms with Gasteiger partial charge in [0.1, 0.15) is 0 Å². The zero-order chi connectivity index (χ0) is 25.1. The number of hydrogen-bond donors (Lipinski definition) is 1. The van der Waals surface area contributed by atoms with E-state index in [2.05, 4.69) is 32.8 Å². The summed E-state index contributed by atoms with van der Waals surface area (Å²) in [5.74, 6) is 0.434. The monoisotopic (exact) mass is 470 g/mol. The maximum atomic E-state index is 12.8. The van der Waals surface area contributed by atoms with Crippen LogP contribution in [0.4, 0.5) is 5.82 Å². The van der Waals surface area contributed by atoms with E-state index in [1.165, 1.54) is 10.7 Å². The normalized spacial score (nSPS) is 11.3. The van der Waals surface area contributed by atoms with Gasteiger partial charge >= 0.3 is 152 Å². The first kappa shape index (κ1) is 24.4. The van der Waals surface area contributed by atoms with E-state index >= 15 is 0 Å². The second-order valence-corrected chi connectivity index (χ2v) is 8.53. The Hall–Kier alpha value is -3.72. The van der Waals surface area contributed by atoms with Gasteiger partial charge in [0.2, 0.25) is 0 Å². The molecule has 0 radical (unpaired) electrons. The summed E-state index contributed by atoms with van der Waals surface area (Å²) in [5.41, 5.74) is 3.40. The maximum absolute atomic E-state index is 12.8. The zero-order valence-corrected chi connectivity index (χ0v) is 20.4. The van der Waals surface area contributed by atoms with Crippen LogP contribution in [0.3, 0.4) is 0 Å². The van der Waals surface area contributed by atoms with Crippen LogP contribution in [-0.4, -0.2) is 69.3 Å². The molecule has 0 unspecified atom stereocenters. The third-order valence-electron chi connectivity index (χ3n) is 6.12. The van der Waals surface area contributed by atoms with E-state index in [9.17, 15) is 14.5 Å². The summed E-state index contributed by atoms with van der Waals surface area (Å²) in [6.07, 6.45) is 5.05. The van der Waals surface area contributed by atoms with Crippen molar-refractivity contribution in [2.75, 3.05) is 24.9 Å². The van der Waals surface area contributed by atoms with E-state index in [1.807, 2.05) is 37.1 Å². The molecule has 4 aromatic rings. The van der Waals surface area contributed by atoms with Gasteiger partial charge < -0.3 is 4.57 Å². The van der Waals surface area contributed by atoms with Gasteiger partial charge in [0.05, 0.1) is 0 Å². The molecule has 0 bridgehead atoms. The van der Waals surface area contributed by atoms with Crippen molar-refractivity contribution < 1.29 is 14.5 Å². The van der Waals surface area contributed by atoms with E-state index in [4.69, 9.17) is 0 Å². The van der Waals surface area contributed by atoms with Gasteiger partial charge in [-0.1, -0.05) is 18.2 Å². The van der Waals surface area contributed by atoms with Gasteiger partial charge in [-0.05, 0) is 17.5 Å². The molecule has 0 saturated heterocycles. The first-order chi connectivity index (χ1) is 16.8.